The van der Waals surface area contributed by atoms with Crippen LogP contribution in [-0.2, 0) is 0 Å². The van der Waals surface area contributed by atoms with E-state index in [2.05, 4.69) is 10.3 Å². The van der Waals surface area contributed by atoms with E-state index in [0.717, 1.165) is 11.3 Å². The van der Waals surface area contributed by atoms with Gasteiger partial charge in [0.05, 0.1) is 20.2 Å². The maximum absolute atomic E-state index is 12.7. The molecule has 0 atom stereocenters. The standard InChI is InChI=1S/C19H10ClN3O5S2/c20-10-6-4-9(5-7-10)16-14(19(25)26)11(8-29-16)21-17(24)18-22-15-12(23(27)28)2-1-3-13(15)30-18/h1-8H,(H,21,24)(H,25,26). The molecule has 0 bridgehead atoms. The van der Waals surface area contributed by atoms with E-state index < -0.39 is 16.8 Å². The van der Waals surface area contributed by atoms with Crippen molar-refractivity contribution in [1.29, 1.82) is 0 Å². The van der Waals surface area contributed by atoms with Gasteiger partial charge in [0, 0.05) is 16.5 Å². The average Bonchev–Trinajstić information content (AvgIpc) is 3.32. The quantitative estimate of drug-likeness (QED) is 0.298. The van der Waals surface area contributed by atoms with Crippen LogP contribution >= 0.6 is 34.3 Å². The molecule has 150 valence electrons. The number of carboxylic acid groups (broad SMARTS) is 1. The van der Waals surface area contributed by atoms with Gasteiger partial charge in [-0.05, 0) is 23.8 Å². The van der Waals surface area contributed by atoms with Crippen LogP contribution in [0, 0.1) is 10.1 Å². The van der Waals surface area contributed by atoms with Gasteiger partial charge in [-0.3, -0.25) is 14.9 Å². The number of para-hydroxylation sites is 1. The number of rotatable bonds is 5. The highest BCUT2D eigenvalue weighted by atomic mass is 35.5. The second-order valence-electron chi connectivity index (χ2n) is 6.02. The minimum Gasteiger partial charge on any atom is -0.478 e. The molecule has 1 amide bonds. The molecule has 11 heteroatoms. The van der Waals surface area contributed by atoms with Crippen molar-refractivity contribution in [2.45, 2.75) is 0 Å². The molecule has 2 aromatic carbocycles. The van der Waals surface area contributed by atoms with Gasteiger partial charge in [0.2, 0.25) is 0 Å². The Kier molecular flexibility index (Phi) is 5.20. The number of nitrogens with zero attached hydrogens (tertiary/aromatic N) is 2. The van der Waals surface area contributed by atoms with Crippen LogP contribution in [0.4, 0.5) is 11.4 Å². The number of fused-ring (bicyclic) bond motifs is 1. The Morgan fingerprint density at radius 1 is 1.17 bits per heavy atom. The van der Waals surface area contributed by atoms with E-state index in [9.17, 15) is 24.8 Å². The Hall–Kier alpha value is -3.34. The number of hydrogen-bond donors (Lipinski definition) is 2. The third-order valence-electron chi connectivity index (χ3n) is 4.15. The number of nitrogens with one attached hydrogen (secondary N) is 1. The Morgan fingerprint density at radius 3 is 2.57 bits per heavy atom. The molecule has 8 nitrogen and oxygen atoms in total. The predicted octanol–water partition coefficient (Wildman–Crippen LogP) is 5.54. The van der Waals surface area contributed by atoms with Gasteiger partial charge < -0.3 is 10.4 Å². The van der Waals surface area contributed by atoms with Crippen molar-refractivity contribution in [3.8, 4) is 10.4 Å². The summed E-state index contributed by atoms with van der Waals surface area (Å²) in [6, 6.07) is 11.1. The van der Waals surface area contributed by atoms with Crippen molar-refractivity contribution in [2.24, 2.45) is 0 Å². The number of halogens is 1. The Balaban J connectivity index is 1.69. The van der Waals surface area contributed by atoms with Crippen LogP contribution in [0.3, 0.4) is 0 Å². The number of anilines is 1. The minimum atomic E-state index is -1.20. The second kappa shape index (κ2) is 7.82. The van der Waals surface area contributed by atoms with E-state index in [1.807, 2.05) is 0 Å². The normalized spacial score (nSPS) is 10.8. The molecule has 2 N–H and O–H groups in total. The Labute approximate surface area is 181 Å². The summed E-state index contributed by atoms with van der Waals surface area (Å²) in [5, 5.41) is 25.5. The summed E-state index contributed by atoms with van der Waals surface area (Å²) in [4.78, 5) is 39.7. The average molecular weight is 460 g/mol. The molecule has 0 unspecified atom stereocenters. The molecule has 2 heterocycles. The molecule has 30 heavy (non-hydrogen) atoms. The van der Waals surface area contributed by atoms with E-state index in [1.165, 1.54) is 28.8 Å². The zero-order valence-corrected chi connectivity index (χ0v) is 17.2. The molecular formula is C19H10ClN3O5S2. The number of aromatic carboxylic acids is 1. The molecule has 0 saturated heterocycles. The van der Waals surface area contributed by atoms with Crippen molar-refractivity contribution in [1.82, 2.24) is 4.98 Å². The summed E-state index contributed by atoms with van der Waals surface area (Å²) in [6.45, 7) is 0. The number of aromatic nitrogens is 1. The summed E-state index contributed by atoms with van der Waals surface area (Å²) >= 11 is 8.05. The lowest BCUT2D eigenvalue weighted by atomic mass is 10.1. The first kappa shape index (κ1) is 20.0. The number of nitro groups is 1. The largest absolute Gasteiger partial charge is 0.478 e. The Morgan fingerprint density at radius 2 is 1.90 bits per heavy atom. The zero-order valence-electron chi connectivity index (χ0n) is 14.8. The summed E-state index contributed by atoms with van der Waals surface area (Å²) in [5.41, 5.74) is 0.634. The third-order valence-corrected chi connectivity index (χ3v) is 6.45. The lowest BCUT2D eigenvalue weighted by molar-refractivity contribution is -0.383. The van der Waals surface area contributed by atoms with Crippen LogP contribution in [0.15, 0.2) is 47.8 Å². The van der Waals surface area contributed by atoms with Gasteiger partial charge in [0.1, 0.15) is 5.56 Å². The van der Waals surface area contributed by atoms with Crippen molar-refractivity contribution in [3.63, 3.8) is 0 Å². The lowest BCUT2D eigenvalue weighted by Crippen LogP contribution is -2.13. The predicted molar refractivity (Wildman–Crippen MR) is 116 cm³/mol. The SMILES string of the molecule is O=C(Nc1csc(-c2ccc(Cl)cc2)c1C(=O)O)c1nc2c([N+](=O)[O-])cccc2s1. The number of thiazole rings is 1. The van der Waals surface area contributed by atoms with Crippen LogP contribution in [0.25, 0.3) is 20.7 Å². The maximum Gasteiger partial charge on any atom is 0.339 e. The first-order valence-electron chi connectivity index (χ1n) is 8.31. The Bertz CT molecular complexity index is 1310. The highest BCUT2D eigenvalue weighted by Crippen LogP contribution is 2.37. The fraction of sp³-hybridized carbons (Fsp3) is 0. The summed E-state index contributed by atoms with van der Waals surface area (Å²) in [7, 11) is 0. The lowest BCUT2D eigenvalue weighted by Gasteiger charge is -2.05. The van der Waals surface area contributed by atoms with Crippen molar-refractivity contribution in [3.05, 3.63) is 73.6 Å². The van der Waals surface area contributed by atoms with Crippen LogP contribution in [0.2, 0.25) is 5.02 Å². The summed E-state index contributed by atoms with van der Waals surface area (Å²) < 4.78 is 0.486. The molecule has 4 aromatic rings. The number of amides is 1. The number of thiophene rings is 1. The van der Waals surface area contributed by atoms with Gasteiger partial charge >= 0.3 is 5.97 Å². The van der Waals surface area contributed by atoms with Crippen molar-refractivity contribution in [2.75, 3.05) is 5.32 Å². The van der Waals surface area contributed by atoms with Gasteiger partial charge in [-0.25, -0.2) is 9.78 Å². The fourth-order valence-electron chi connectivity index (χ4n) is 2.83. The minimum absolute atomic E-state index is 0.00474. The molecule has 0 aliphatic rings. The van der Waals surface area contributed by atoms with Crippen LogP contribution in [0.1, 0.15) is 20.2 Å². The summed E-state index contributed by atoms with van der Waals surface area (Å²) in [5.74, 6) is -1.84. The monoisotopic (exact) mass is 459 g/mol. The highest BCUT2D eigenvalue weighted by molar-refractivity contribution is 7.20. The van der Waals surface area contributed by atoms with E-state index in [4.69, 9.17) is 11.6 Å². The van der Waals surface area contributed by atoms with Crippen LogP contribution in [0.5, 0.6) is 0 Å². The molecule has 0 fully saturated rings. The molecule has 0 aliphatic heterocycles. The van der Waals surface area contributed by atoms with Crippen molar-refractivity contribution < 1.29 is 19.6 Å². The third kappa shape index (κ3) is 3.63. The van der Waals surface area contributed by atoms with Gasteiger partial charge in [-0.1, -0.05) is 29.8 Å². The number of non-ortho nitro benzene ring substituents is 1. The molecule has 0 saturated carbocycles. The molecule has 0 radical (unpaired) electrons. The number of carbonyl (C=O) groups is 2. The van der Waals surface area contributed by atoms with Gasteiger partial charge in [-0.2, -0.15) is 0 Å². The first-order valence-corrected chi connectivity index (χ1v) is 10.4. The zero-order chi connectivity index (χ0) is 21.4. The molecule has 2 aromatic heterocycles. The number of hydrogen-bond acceptors (Lipinski definition) is 7. The highest BCUT2D eigenvalue weighted by Gasteiger charge is 2.24. The van der Waals surface area contributed by atoms with E-state index in [1.54, 1.807) is 30.3 Å². The molecular weight excluding hydrogens is 450 g/mol. The number of nitro benzene ring substituents is 1. The first-order chi connectivity index (χ1) is 14.3. The van der Waals surface area contributed by atoms with Crippen LogP contribution in [-0.4, -0.2) is 26.9 Å². The van der Waals surface area contributed by atoms with Crippen molar-refractivity contribution >= 4 is 67.7 Å². The fourth-order valence-corrected chi connectivity index (χ4v) is 4.84. The smallest absolute Gasteiger partial charge is 0.339 e. The van der Waals surface area contributed by atoms with Gasteiger partial charge in [0.15, 0.2) is 10.5 Å². The molecule has 0 aliphatic carbocycles. The van der Waals surface area contributed by atoms with Gasteiger partial charge in [-0.15, -0.1) is 22.7 Å². The number of carboxylic acids is 1. The number of benzene rings is 2. The summed E-state index contributed by atoms with van der Waals surface area (Å²) in [6.07, 6.45) is 0. The second-order valence-corrected chi connectivity index (χ2v) is 8.37. The molecule has 4 rings (SSSR count). The maximum atomic E-state index is 12.7. The topological polar surface area (TPSA) is 122 Å². The number of carbonyl (C=O) groups excluding carboxylic acids is 1. The van der Waals surface area contributed by atoms with Crippen LogP contribution < -0.4 is 5.32 Å². The van der Waals surface area contributed by atoms with E-state index in [0.29, 0.717) is 20.2 Å². The van der Waals surface area contributed by atoms with Gasteiger partial charge in [0.25, 0.3) is 11.6 Å². The van der Waals surface area contributed by atoms with E-state index >= 15 is 0 Å². The van der Waals surface area contributed by atoms with E-state index in [-0.39, 0.29) is 27.5 Å². The molecule has 0 spiro atoms.